The van der Waals surface area contributed by atoms with Gasteiger partial charge in [0.25, 0.3) is 10.0 Å². The third-order valence-electron chi connectivity index (χ3n) is 2.90. The van der Waals surface area contributed by atoms with Crippen LogP contribution < -0.4 is 10.5 Å². The molecule has 0 fully saturated rings. The molecule has 6 heteroatoms. The second kappa shape index (κ2) is 5.52. The van der Waals surface area contributed by atoms with Crippen LogP contribution in [0.25, 0.3) is 0 Å². The molecule has 0 saturated carbocycles. The van der Waals surface area contributed by atoms with Gasteiger partial charge in [-0.3, -0.25) is 4.72 Å². The number of nitrogens with two attached hydrogens (primary N) is 1. The third-order valence-corrected chi connectivity index (χ3v) is 4.50. The van der Waals surface area contributed by atoms with Gasteiger partial charge in [-0.1, -0.05) is 24.3 Å². The van der Waals surface area contributed by atoms with Crippen LogP contribution in [0, 0.1) is 6.92 Å². The lowest BCUT2D eigenvalue weighted by atomic mass is 10.2. The first-order valence-electron chi connectivity index (χ1n) is 6.02. The van der Waals surface area contributed by atoms with Crippen LogP contribution in [0.1, 0.15) is 11.1 Å². The van der Waals surface area contributed by atoms with Crippen LogP contribution in [0.3, 0.4) is 0 Å². The number of hydrogen-bond donors (Lipinski definition) is 3. The van der Waals surface area contributed by atoms with E-state index in [1.54, 1.807) is 49.4 Å². The molecule has 0 aliphatic carbocycles. The molecular formula is C14H16N2O3S. The van der Waals surface area contributed by atoms with Crippen molar-refractivity contribution >= 4 is 21.4 Å². The molecule has 5 nitrogen and oxygen atoms in total. The van der Waals surface area contributed by atoms with Crippen molar-refractivity contribution in [3.8, 4) is 0 Å². The van der Waals surface area contributed by atoms with E-state index in [0.29, 0.717) is 16.8 Å². The van der Waals surface area contributed by atoms with Gasteiger partial charge in [0, 0.05) is 5.69 Å². The Morgan fingerprint density at radius 1 is 1.15 bits per heavy atom. The third kappa shape index (κ3) is 2.92. The highest BCUT2D eigenvalue weighted by atomic mass is 32.2. The number of aliphatic hydroxyl groups is 1. The number of nitrogens with one attached hydrogen (secondary N) is 1. The summed E-state index contributed by atoms with van der Waals surface area (Å²) in [5.41, 5.74) is 7.69. The smallest absolute Gasteiger partial charge is 0.264 e. The minimum Gasteiger partial charge on any atom is -0.398 e. The molecule has 0 spiro atoms. The Kier molecular flexibility index (Phi) is 3.96. The maximum absolute atomic E-state index is 12.4. The largest absolute Gasteiger partial charge is 0.398 e. The molecule has 0 amide bonds. The van der Waals surface area contributed by atoms with Crippen LogP contribution in [-0.4, -0.2) is 13.5 Å². The standard InChI is InChI=1S/C14H16N2O3S/c1-10-3-2-4-13(15)14(10)20(18,19)16-12-7-5-11(9-17)6-8-12/h2-8,16-17H,9,15H2,1H3. The molecule has 0 radical (unpaired) electrons. The normalized spacial score (nSPS) is 11.3. The minimum absolute atomic E-state index is 0.0855. The van der Waals surface area contributed by atoms with E-state index in [2.05, 4.69) is 4.72 Å². The SMILES string of the molecule is Cc1cccc(N)c1S(=O)(=O)Nc1ccc(CO)cc1. The number of aliphatic hydroxyl groups excluding tert-OH is 1. The molecule has 0 unspecified atom stereocenters. The number of benzene rings is 2. The van der Waals surface area contributed by atoms with Gasteiger partial charge in [-0.05, 0) is 36.2 Å². The molecule has 0 atom stereocenters. The van der Waals surface area contributed by atoms with Crippen LogP contribution in [0.5, 0.6) is 0 Å². The van der Waals surface area contributed by atoms with E-state index in [1.165, 1.54) is 0 Å². The first-order chi connectivity index (χ1) is 9.44. The van der Waals surface area contributed by atoms with E-state index in [4.69, 9.17) is 10.8 Å². The number of nitrogen functional groups attached to an aromatic ring is 1. The van der Waals surface area contributed by atoms with Crippen molar-refractivity contribution in [3.05, 3.63) is 53.6 Å². The lowest BCUT2D eigenvalue weighted by Gasteiger charge is -2.12. The number of hydrogen-bond acceptors (Lipinski definition) is 4. The maximum atomic E-state index is 12.4. The quantitative estimate of drug-likeness (QED) is 0.750. The fraction of sp³-hybridized carbons (Fsp3) is 0.143. The van der Waals surface area contributed by atoms with E-state index in [-0.39, 0.29) is 17.2 Å². The number of sulfonamides is 1. The van der Waals surface area contributed by atoms with E-state index in [9.17, 15) is 8.42 Å². The van der Waals surface area contributed by atoms with Gasteiger partial charge in [-0.2, -0.15) is 0 Å². The highest BCUT2D eigenvalue weighted by Crippen LogP contribution is 2.24. The molecule has 0 aliphatic rings. The first-order valence-corrected chi connectivity index (χ1v) is 7.50. The average molecular weight is 292 g/mol. The van der Waals surface area contributed by atoms with Crippen molar-refractivity contribution in [3.63, 3.8) is 0 Å². The fourth-order valence-electron chi connectivity index (χ4n) is 1.93. The van der Waals surface area contributed by atoms with Crippen molar-refractivity contribution < 1.29 is 13.5 Å². The van der Waals surface area contributed by atoms with Crippen LogP contribution in [-0.2, 0) is 16.6 Å². The van der Waals surface area contributed by atoms with Gasteiger partial charge in [-0.15, -0.1) is 0 Å². The number of rotatable bonds is 4. The van der Waals surface area contributed by atoms with Gasteiger partial charge in [0.2, 0.25) is 0 Å². The lowest BCUT2D eigenvalue weighted by molar-refractivity contribution is 0.282. The van der Waals surface area contributed by atoms with E-state index >= 15 is 0 Å². The predicted molar refractivity (Wildman–Crippen MR) is 78.8 cm³/mol. The molecule has 106 valence electrons. The molecule has 2 aromatic rings. The molecule has 2 rings (SSSR count). The summed E-state index contributed by atoms with van der Waals surface area (Å²) in [7, 11) is -3.73. The molecule has 0 aromatic heterocycles. The number of anilines is 2. The van der Waals surface area contributed by atoms with Crippen molar-refractivity contribution in [2.45, 2.75) is 18.4 Å². The zero-order chi connectivity index (χ0) is 14.8. The van der Waals surface area contributed by atoms with E-state index in [1.807, 2.05) is 0 Å². The van der Waals surface area contributed by atoms with Crippen LogP contribution >= 0.6 is 0 Å². The zero-order valence-corrected chi connectivity index (χ0v) is 11.8. The van der Waals surface area contributed by atoms with Gasteiger partial charge in [0.15, 0.2) is 0 Å². The van der Waals surface area contributed by atoms with Crippen LogP contribution in [0.15, 0.2) is 47.4 Å². The van der Waals surface area contributed by atoms with Crippen LogP contribution in [0.4, 0.5) is 11.4 Å². The van der Waals surface area contributed by atoms with Gasteiger partial charge < -0.3 is 10.8 Å². The van der Waals surface area contributed by atoms with Crippen LogP contribution in [0.2, 0.25) is 0 Å². The molecule has 0 saturated heterocycles. The highest BCUT2D eigenvalue weighted by Gasteiger charge is 2.19. The zero-order valence-electron chi connectivity index (χ0n) is 11.0. The van der Waals surface area contributed by atoms with E-state index in [0.717, 1.165) is 0 Å². The Balaban J connectivity index is 2.35. The van der Waals surface area contributed by atoms with Crippen molar-refractivity contribution in [2.24, 2.45) is 0 Å². The Morgan fingerprint density at radius 2 is 1.80 bits per heavy atom. The Morgan fingerprint density at radius 3 is 2.35 bits per heavy atom. The van der Waals surface area contributed by atoms with Crippen molar-refractivity contribution in [1.82, 2.24) is 0 Å². The predicted octanol–water partition coefficient (Wildman–Crippen LogP) is 1.87. The van der Waals surface area contributed by atoms with Crippen molar-refractivity contribution in [1.29, 1.82) is 0 Å². The second-order valence-electron chi connectivity index (χ2n) is 4.45. The Labute approximate surface area is 118 Å². The van der Waals surface area contributed by atoms with Gasteiger partial charge >= 0.3 is 0 Å². The van der Waals surface area contributed by atoms with Gasteiger partial charge in [0.1, 0.15) is 4.90 Å². The summed E-state index contributed by atoms with van der Waals surface area (Å²) >= 11 is 0. The molecule has 0 heterocycles. The molecule has 4 N–H and O–H groups in total. The summed E-state index contributed by atoms with van der Waals surface area (Å²) in [5, 5.41) is 8.96. The van der Waals surface area contributed by atoms with E-state index < -0.39 is 10.0 Å². The number of aryl methyl sites for hydroxylation is 1. The lowest BCUT2D eigenvalue weighted by Crippen LogP contribution is -2.16. The summed E-state index contributed by atoms with van der Waals surface area (Å²) in [4.78, 5) is 0.0891. The molecule has 0 aliphatic heterocycles. The van der Waals surface area contributed by atoms with Crippen molar-refractivity contribution in [2.75, 3.05) is 10.5 Å². The van der Waals surface area contributed by atoms with Gasteiger partial charge in [0.05, 0.1) is 12.3 Å². The molecule has 2 aromatic carbocycles. The average Bonchev–Trinajstić information content (AvgIpc) is 2.38. The molecule has 20 heavy (non-hydrogen) atoms. The molecular weight excluding hydrogens is 276 g/mol. The minimum atomic E-state index is -3.73. The summed E-state index contributed by atoms with van der Waals surface area (Å²) < 4.78 is 27.2. The Bertz CT molecular complexity index is 689. The molecule has 0 bridgehead atoms. The first kappa shape index (κ1) is 14.4. The highest BCUT2D eigenvalue weighted by molar-refractivity contribution is 7.93. The second-order valence-corrected chi connectivity index (χ2v) is 6.07. The van der Waals surface area contributed by atoms with Gasteiger partial charge in [-0.25, -0.2) is 8.42 Å². The summed E-state index contributed by atoms with van der Waals surface area (Å²) in [6, 6.07) is 11.4. The topological polar surface area (TPSA) is 92.4 Å². The maximum Gasteiger partial charge on any atom is 0.264 e. The fourth-order valence-corrected chi connectivity index (χ4v) is 3.35. The monoisotopic (exact) mass is 292 g/mol. The summed E-state index contributed by atoms with van der Waals surface area (Å²) in [5.74, 6) is 0. The summed E-state index contributed by atoms with van der Waals surface area (Å²) in [6.45, 7) is 1.61. The Hall–Kier alpha value is -2.05. The summed E-state index contributed by atoms with van der Waals surface area (Å²) in [6.07, 6.45) is 0.